The summed E-state index contributed by atoms with van der Waals surface area (Å²) in [6, 6.07) is 3.48. The van der Waals surface area contributed by atoms with Crippen LogP contribution in [0.15, 0.2) is 33.8 Å². The SMILES string of the molecule is O=C(NCc1ccco1)c1cnc2sc(N3CCCC3)nn2c1=O. The minimum absolute atomic E-state index is 0.0303. The first-order valence-electron chi connectivity index (χ1n) is 7.67. The Hall–Kier alpha value is -2.68. The quantitative estimate of drug-likeness (QED) is 0.765. The minimum Gasteiger partial charge on any atom is -0.467 e. The van der Waals surface area contributed by atoms with Crippen LogP contribution in [-0.2, 0) is 6.54 Å². The van der Waals surface area contributed by atoms with Crippen LogP contribution >= 0.6 is 11.3 Å². The largest absolute Gasteiger partial charge is 0.467 e. The lowest BCUT2D eigenvalue weighted by atomic mass is 10.3. The highest BCUT2D eigenvalue weighted by Crippen LogP contribution is 2.24. The number of furan rings is 1. The Balaban J connectivity index is 1.60. The smallest absolute Gasteiger partial charge is 0.288 e. The zero-order chi connectivity index (χ0) is 16.5. The van der Waals surface area contributed by atoms with Crippen molar-refractivity contribution in [3.8, 4) is 0 Å². The van der Waals surface area contributed by atoms with Crippen LogP contribution in [0.1, 0.15) is 29.0 Å². The number of carbonyl (C=O) groups is 1. The third kappa shape index (κ3) is 2.67. The zero-order valence-corrected chi connectivity index (χ0v) is 13.6. The molecule has 124 valence electrons. The van der Waals surface area contributed by atoms with Gasteiger partial charge in [0.05, 0.1) is 12.8 Å². The summed E-state index contributed by atoms with van der Waals surface area (Å²) in [5, 5.41) is 7.75. The second-order valence-electron chi connectivity index (χ2n) is 5.51. The maximum absolute atomic E-state index is 12.5. The topological polar surface area (TPSA) is 92.7 Å². The van der Waals surface area contributed by atoms with Crippen molar-refractivity contribution in [3.63, 3.8) is 0 Å². The summed E-state index contributed by atoms with van der Waals surface area (Å²) in [6.45, 7) is 2.08. The molecule has 0 unspecified atom stereocenters. The number of carbonyl (C=O) groups excluding carboxylic acids is 1. The molecule has 1 N–H and O–H groups in total. The molecule has 8 nitrogen and oxygen atoms in total. The average molecular weight is 345 g/mol. The van der Waals surface area contributed by atoms with Gasteiger partial charge in [0.2, 0.25) is 10.1 Å². The van der Waals surface area contributed by atoms with E-state index >= 15 is 0 Å². The van der Waals surface area contributed by atoms with Crippen molar-refractivity contribution >= 4 is 27.3 Å². The van der Waals surface area contributed by atoms with Crippen LogP contribution in [0, 0.1) is 0 Å². The Morgan fingerprint density at radius 2 is 2.21 bits per heavy atom. The lowest BCUT2D eigenvalue weighted by Gasteiger charge is -2.10. The molecular formula is C15H15N5O3S. The van der Waals surface area contributed by atoms with Gasteiger partial charge in [-0.2, -0.15) is 4.52 Å². The molecule has 9 heteroatoms. The van der Waals surface area contributed by atoms with Crippen LogP contribution < -0.4 is 15.8 Å². The van der Waals surface area contributed by atoms with Crippen molar-refractivity contribution < 1.29 is 9.21 Å². The van der Waals surface area contributed by atoms with E-state index in [4.69, 9.17) is 4.42 Å². The van der Waals surface area contributed by atoms with Gasteiger partial charge in [0.1, 0.15) is 11.3 Å². The molecular weight excluding hydrogens is 330 g/mol. The number of hydrogen-bond donors (Lipinski definition) is 1. The fraction of sp³-hybridized carbons (Fsp3) is 0.333. The highest BCUT2D eigenvalue weighted by Gasteiger charge is 2.20. The molecule has 1 saturated heterocycles. The van der Waals surface area contributed by atoms with Gasteiger partial charge in [-0.05, 0) is 25.0 Å². The number of rotatable bonds is 4. The van der Waals surface area contributed by atoms with Crippen molar-refractivity contribution in [1.29, 1.82) is 0 Å². The maximum atomic E-state index is 12.5. The second-order valence-corrected chi connectivity index (χ2v) is 6.45. The average Bonchev–Trinajstić information content (AvgIpc) is 3.32. The molecule has 4 heterocycles. The van der Waals surface area contributed by atoms with Gasteiger partial charge in [-0.15, -0.1) is 5.10 Å². The first kappa shape index (κ1) is 14.9. The number of nitrogens with one attached hydrogen (secondary N) is 1. The van der Waals surface area contributed by atoms with E-state index in [1.807, 2.05) is 0 Å². The number of amides is 1. The van der Waals surface area contributed by atoms with Crippen molar-refractivity contribution in [1.82, 2.24) is 19.9 Å². The van der Waals surface area contributed by atoms with E-state index < -0.39 is 11.5 Å². The van der Waals surface area contributed by atoms with E-state index in [0.717, 1.165) is 31.1 Å². The second kappa shape index (κ2) is 6.08. The van der Waals surface area contributed by atoms with Crippen molar-refractivity contribution in [2.75, 3.05) is 18.0 Å². The fourth-order valence-corrected chi connectivity index (χ4v) is 3.56. The van der Waals surface area contributed by atoms with Crippen LogP contribution in [0.3, 0.4) is 0 Å². The van der Waals surface area contributed by atoms with Gasteiger partial charge in [-0.1, -0.05) is 11.3 Å². The molecule has 1 fully saturated rings. The molecule has 1 aliphatic heterocycles. The van der Waals surface area contributed by atoms with E-state index in [2.05, 4.69) is 20.3 Å². The monoisotopic (exact) mass is 345 g/mol. The van der Waals surface area contributed by atoms with Gasteiger partial charge in [-0.3, -0.25) is 9.59 Å². The molecule has 0 bridgehead atoms. The lowest BCUT2D eigenvalue weighted by Crippen LogP contribution is -2.31. The highest BCUT2D eigenvalue weighted by molar-refractivity contribution is 7.20. The predicted molar refractivity (Wildman–Crippen MR) is 88.5 cm³/mol. The van der Waals surface area contributed by atoms with E-state index in [1.54, 1.807) is 12.1 Å². The van der Waals surface area contributed by atoms with Crippen molar-refractivity contribution in [3.05, 3.63) is 46.3 Å². The maximum Gasteiger partial charge on any atom is 0.288 e. The lowest BCUT2D eigenvalue weighted by molar-refractivity contribution is 0.0946. The van der Waals surface area contributed by atoms with Crippen molar-refractivity contribution in [2.24, 2.45) is 0 Å². The molecule has 0 saturated carbocycles. The minimum atomic E-state index is -0.492. The summed E-state index contributed by atoms with van der Waals surface area (Å²) in [6.07, 6.45) is 5.08. The molecule has 0 atom stereocenters. The number of fused-ring (bicyclic) bond motifs is 1. The standard InChI is InChI=1S/C15H15N5O3S/c21-12(16-8-10-4-3-7-23-10)11-9-17-14-20(13(11)22)18-15(24-14)19-5-1-2-6-19/h3-4,7,9H,1-2,5-6,8H2,(H,16,21). The molecule has 1 aliphatic rings. The highest BCUT2D eigenvalue weighted by atomic mass is 32.1. The normalized spacial score (nSPS) is 14.4. The number of nitrogens with zero attached hydrogens (tertiary/aromatic N) is 4. The molecule has 24 heavy (non-hydrogen) atoms. The summed E-state index contributed by atoms with van der Waals surface area (Å²) < 4.78 is 6.36. The van der Waals surface area contributed by atoms with E-state index in [1.165, 1.54) is 28.3 Å². The Morgan fingerprint density at radius 1 is 1.38 bits per heavy atom. The first-order valence-corrected chi connectivity index (χ1v) is 8.48. The molecule has 3 aromatic heterocycles. The molecule has 1 amide bonds. The third-order valence-corrected chi connectivity index (χ3v) is 4.88. The molecule has 3 aromatic rings. The molecule has 0 aliphatic carbocycles. The number of hydrogen-bond acceptors (Lipinski definition) is 7. The van der Waals surface area contributed by atoms with Crippen LogP contribution in [0.4, 0.5) is 5.13 Å². The molecule has 0 radical (unpaired) electrons. The summed E-state index contributed by atoms with van der Waals surface area (Å²) in [5.74, 6) is 0.122. The van der Waals surface area contributed by atoms with E-state index in [0.29, 0.717) is 10.7 Å². The van der Waals surface area contributed by atoms with E-state index in [-0.39, 0.29) is 12.1 Å². The van der Waals surface area contributed by atoms with Crippen molar-refractivity contribution in [2.45, 2.75) is 19.4 Å². The third-order valence-electron chi connectivity index (χ3n) is 3.90. The Labute approximate surface area is 140 Å². The Kier molecular flexibility index (Phi) is 3.77. The molecule has 0 spiro atoms. The van der Waals surface area contributed by atoms with Gasteiger partial charge < -0.3 is 14.6 Å². The summed E-state index contributed by atoms with van der Waals surface area (Å²) in [5.41, 5.74) is -0.490. The predicted octanol–water partition coefficient (Wildman–Crippen LogP) is 1.27. The van der Waals surface area contributed by atoms with Crippen LogP contribution in [0.25, 0.3) is 4.96 Å². The zero-order valence-electron chi connectivity index (χ0n) is 12.8. The number of anilines is 1. The summed E-state index contributed by atoms with van der Waals surface area (Å²) >= 11 is 1.36. The van der Waals surface area contributed by atoms with Crippen LogP contribution in [0.5, 0.6) is 0 Å². The van der Waals surface area contributed by atoms with Gasteiger partial charge >= 0.3 is 0 Å². The Bertz CT molecular complexity index is 924. The van der Waals surface area contributed by atoms with Crippen LogP contribution in [-0.4, -0.2) is 33.6 Å². The fourth-order valence-electron chi connectivity index (χ4n) is 2.64. The van der Waals surface area contributed by atoms with E-state index in [9.17, 15) is 9.59 Å². The van der Waals surface area contributed by atoms with Gasteiger partial charge in [0.25, 0.3) is 11.5 Å². The van der Waals surface area contributed by atoms with Gasteiger partial charge in [0, 0.05) is 19.3 Å². The summed E-state index contributed by atoms with van der Waals surface area (Å²) in [4.78, 5) is 31.6. The first-order chi connectivity index (χ1) is 11.7. The van der Waals surface area contributed by atoms with Gasteiger partial charge in [-0.25, -0.2) is 4.98 Å². The van der Waals surface area contributed by atoms with Gasteiger partial charge in [0.15, 0.2) is 0 Å². The van der Waals surface area contributed by atoms with Crippen LogP contribution in [0.2, 0.25) is 0 Å². The summed E-state index contributed by atoms with van der Waals surface area (Å²) in [7, 11) is 0. The number of aromatic nitrogens is 3. The Morgan fingerprint density at radius 3 is 2.96 bits per heavy atom. The molecule has 0 aromatic carbocycles. The molecule has 4 rings (SSSR count).